The van der Waals surface area contributed by atoms with Crippen molar-refractivity contribution in [3.8, 4) is 0 Å². The van der Waals surface area contributed by atoms with Crippen molar-refractivity contribution in [2.24, 2.45) is 0 Å². The lowest BCUT2D eigenvalue weighted by Gasteiger charge is -2.32. The first-order chi connectivity index (χ1) is 8.95. The van der Waals surface area contributed by atoms with Crippen LogP contribution >= 0.6 is 0 Å². The second kappa shape index (κ2) is 5.56. The first kappa shape index (κ1) is 14.4. The van der Waals surface area contributed by atoms with Crippen molar-refractivity contribution in [2.45, 2.75) is 30.7 Å². The highest BCUT2D eigenvalue weighted by Crippen LogP contribution is 2.23. The molecular formula is C13H19FN2O2S. The van der Waals surface area contributed by atoms with Crippen LogP contribution in [0, 0.1) is 12.7 Å². The highest BCUT2D eigenvalue weighted by atomic mass is 32.2. The number of benzene rings is 1. The molecule has 1 N–H and O–H groups in total. The molecule has 4 nitrogen and oxygen atoms in total. The fourth-order valence-electron chi connectivity index (χ4n) is 2.44. The van der Waals surface area contributed by atoms with Crippen LogP contribution in [0.25, 0.3) is 0 Å². The third-order valence-electron chi connectivity index (χ3n) is 3.55. The van der Waals surface area contributed by atoms with Gasteiger partial charge in [0.25, 0.3) is 0 Å². The summed E-state index contributed by atoms with van der Waals surface area (Å²) in [5.74, 6) is -0.414. The number of sulfonamides is 1. The Balaban J connectivity index is 2.31. The lowest BCUT2D eigenvalue weighted by molar-refractivity contribution is 0.292. The molecule has 0 saturated carbocycles. The summed E-state index contributed by atoms with van der Waals surface area (Å²) in [7, 11) is -1.69. The Labute approximate surface area is 113 Å². The molecule has 0 spiro atoms. The third kappa shape index (κ3) is 2.96. The number of rotatable bonds is 3. The molecule has 0 amide bonds. The summed E-state index contributed by atoms with van der Waals surface area (Å²) in [4.78, 5) is 0.200. The Morgan fingerprint density at radius 1 is 1.42 bits per heavy atom. The number of halogens is 1. The van der Waals surface area contributed by atoms with Gasteiger partial charge in [0.1, 0.15) is 5.82 Å². The van der Waals surface area contributed by atoms with E-state index in [0.717, 1.165) is 12.8 Å². The molecule has 0 aliphatic carbocycles. The minimum atomic E-state index is -3.53. The number of hydrogen-bond acceptors (Lipinski definition) is 3. The van der Waals surface area contributed by atoms with Crippen molar-refractivity contribution in [3.63, 3.8) is 0 Å². The van der Waals surface area contributed by atoms with E-state index in [1.165, 1.54) is 22.5 Å². The summed E-state index contributed by atoms with van der Waals surface area (Å²) in [6, 6.07) is 3.98. The molecule has 1 aliphatic heterocycles. The van der Waals surface area contributed by atoms with Crippen LogP contribution in [0.1, 0.15) is 18.4 Å². The monoisotopic (exact) mass is 286 g/mol. The Hall–Kier alpha value is -0.980. The average Bonchev–Trinajstić information content (AvgIpc) is 2.38. The highest BCUT2D eigenvalue weighted by molar-refractivity contribution is 7.89. The van der Waals surface area contributed by atoms with Gasteiger partial charge < -0.3 is 5.32 Å². The van der Waals surface area contributed by atoms with Crippen LogP contribution < -0.4 is 5.32 Å². The summed E-state index contributed by atoms with van der Waals surface area (Å²) in [5, 5.41) is 3.12. The number of nitrogens with zero attached hydrogens (tertiary/aromatic N) is 1. The predicted molar refractivity (Wildman–Crippen MR) is 72.0 cm³/mol. The van der Waals surface area contributed by atoms with Crippen molar-refractivity contribution in [2.75, 3.05) is 20.1 Å². The molecule has 106 valence electrons. The van der Waals surface area contributed by atoms with Crippen LogP contribution in [0.5, 0.6) is 0 Å². The zero-order chi connectivity index (χ0) is 14.0. The van der Waals surface area contributed by atoms with Crippen LogP contribution in [0.3, 0.4) is 0 Å². The molecule has 19 heavy (non-hydrogen) atoms. The molecule has 1 atom stereocenters. The van der Waals surface area contributed by atoms with Gasteiger partial charge in [0, 0.05) is 19.1 Å². The summed E-state index contributed by atoms with van der Waals surface area (Å²) >= 11 is 0. The van der Waals surface area contributed by atoms with E-state index in [-0.39, 0.29) is 10.9 Å². The van der Waals surface area contributed by atoms with E-state index >= 15 is 0 Å². The molecule has 1 heterocycles. The second-order valence-corrected chi connectivity index (χ2v) is 6.81. The van der Waals surface area contributed by atoms with E-state index in [1.807, 2.05) is 7.05 Å². The molecule has 2 rings (SSSR count). The van der Waals surface area contributed by atoms with Crippen molar-refractivity contribution in [1.29, 1.82) is 0 Å². The number of nitrogens with one attached hydrogen (secondary N) is 1. The zero-order valence-electron chi connectivity index (χ0n) is 11.2. The Kier molecular flexibility index (Phi) is 4.23. The number of hydrogen-bond donors (Lipinski definition) is 1. The van der Waals surface area contributed by atoms with Gasteiger partial charge in [-0.25, -0.2) is 12.8 Å². The maximum atomic E-state index is 13.1. The lowest BCUT2D eigenvalue weighted by Crippen LogP contribution is -2.46. The summed E-state index contributed by atoms with van der Waals surface area (Å²) in [6.07, 6.45) is 1.82. The summed E-state index contributed by atoms with van der Waals surface area (Å²) in [6.45, 7) is 2.61. The number of likely N-dealkylation sites (N-methyl/N-ethyl adjacent to an activating group) is 1. The van der Waals surface area contributed by atoms with Gasteiger partial charge >= 0.3 is 0 Å². The lowest BCUT2D eigenvalue weighted by atomic mass is 10.1. The first-order valence-electron chi connectivity index (χ1n) is 6.38. The van der Waals surface area contributed by atoms with Gasteiger partial charge in [-0.3, -0.25) is 0 Å². The van der Waals surface area contributed by atoms with Crippen LogP contribution in [-0.2, 0) is 10.0 Å². The molecule has 1 aromatic rings. The van der Waals surface area contributed by atoms with Crippen LogP contribution in [0.4, 0.5) is 4.39 Å². The summed E-state index contributed by atoms with van der Waals surface area (Å²) in [5.41, 5.74) is 0.451. The third-order valence-corrected chi connectivity index (χ3v) is 5.57. The van der Waals surface area contributed by atoms with E-state index in [4.69, 9.17) is 0 Å². The van der Waals surface area contributed by atoms with Crippen LogP contribution in [-0.4, -0.2) is 38.9 Å². The van der Waals surface area contributed by atoms with Gasteiger partial charge in [-0.1, -0.05) is 0 Å². The Morgan fingerprint density at radius 3 is 2.79 bits per heavy atom. The van der Waals surface area contributed by atoms with Gasteiger partial charge in [-0.2, -0.15) is 4.31 Å². The quantitative estimate of drug-likeness (QED) is 0.916. The zero-order valence-corrected chi connectivity index (χ0v) is 12.0. The Morgan fingerprint density at radius 2 is 2.16 bits per heavy atom. The number of piperidine rings is 1. The fraction of sp³-hybridized carbons (Fsp3) is 0.538. The predicted octanol–water partition coefficient (Wildman–Crippen LogP) is 1.51. The normalized spacial score (nSPS) is 21.5. The SMILES string of the molecule is CN[C@@H]1CCCN(S(=O)(=O)c2ccc(F)cc2C)C1. The Bertz CT molecular complexity index is 560. The van der Waals surface area contributed by atoms with E-state index in [2.05, 4.69) is 5.32 Å². The minimum Gasteiger partial charge on any atom is -0.316 e. The van der Waals surface area contributed by atoms with E-state index in [9.17, 15) is 12.8 Å². The molecular weight excluding hydrogens is 267 g/mol. The molecule has 1 aliphatic rings. The van der Waals surface area contributed by atoms with Gasteiger partial charge in [-0.05, 0) is 50.6 Å². The highest BCUT2D eigenvalue weighted by Gasteiger charge is 2.30. The van der Waals surface area contributed by atoms with Crippen molar-refractivity contribution < 1.29 is 12.8 Å². The maximum Gasteiger partial charge on any atom is 0.243 e. The van der Waals surface area contributed by atoms with Gasteiger partial charge in [0.15, 0.2) is 0 Å². The topological polar surface area (TPSA) is 49.4 Å². The molecule has 0 bridgehead atoms. The van der Waals surface area contributed by atoms with Gasteiger partial charge in [0.2, 0.25) is 10.0 Å². The van der Waals surface area contributed by atoms with E-state index in [1.54, 1.807) is 6.92 Å². The molecule has 6 heteroatoms. The molecule has 1 aromatic carbocycles. The van der Waals surface area contributed by atoms with E-state index in [0.29, 0.717) is 18.7 Å². The average molecular weight is 286 g/mol. The number of aryl methyl sites for hydroxylation is 1. The first-order valence-corrected chi connectivity index (χ1v) is 7.82. The standard InChI is InChI=1S/C13H19FN2O2S/c1-10-8-11(14)5-6-13(10)19(17,18)16-7-3-4-12(9-16)15-2/h5-6,8,12,15H,3-4,7,9H2,1-2H3/t12-/m1/s1. The van der Waals surface area contributed by atoms with E-state index < -0.39 is 15.8 Å². The molecule has 0 radical (unpaired) electrons. The van der Waals surface area contributed by atoms with Crippen molar-refractivity contribution >= 4 is 10.0 Å². The molecule has 1 saturated heterocycles. The molecule has 0 unspecified atom stereocenters. The van der Waals surface area contributed by atoms with Crippen LogP contribution in [0.2, 0.25) is 0 Å². The molecule has 0 aromatic heterocycles. The largest absolute Gasteiger partial charge is 0.316 e. The molecule has 1 fully saturated rings. The maximum absolute atomic E-state index is 13.1. The second-order valence-electron chi connectivity index (χ2n) is 4.90. The van der Waals surface area contributed by atoms with Gasteiger partial charge in [0.05, 0.1) is 4.90 Å². The smallest absolute Gasteiger partial charge is 0.243 e. The van der Waals surface area contributed by atoms with Crippen molar-refractivity contribution in [1.82, 2.24) is 9.62 Å². The summed E-state index contributed by atoms with van der Waals surface area (Å²) < 4.78 is 39.7. The fourth-order valence-corrected chi connectivity index (χ4v) is 4.17. The van der Waals surface area contributed by atoms with Crippen molar-refractivity contribution in [3.05, 3.63) is 29.6 Å². The van der Waals surface area contributed by atoms with Gasteiger partial charge in [-0.15, -0.1) is 0 Å². The van der Waals surface area contributed by atoms with Crippen LogP contribution in [0.15, 0.2) is 23.1 Å². The minimum absolute atomic E-state index is 0.185.